The van der Waals surface area contributed by atoms with Gasteiger partial charge in [0, 0.05) is 89.6 Å². The second kappa shape index (κ2) is 19.4. The number of aromatic hydroxyl groups is 1. The number of fused-ring (bicyclic) bond motifs is 1. The second-order valence-corrected chi connectivity index (χ2v) is 16.2. The van der Waals surface area contributed by atoms with Crippen molar-refractivity contribution in [2.45, 2.75) is 57.5 Å². The molecule has 2 aromatic rings. The molecule has 14 nitrogen and oxygen atoms in total. The van der Waals surface area contributed by atoms with Gasteiger partial charge in [0.2, 0.25) is 5.91 Å². The van der Waals surface area contributed by atoms with Gasteiger partial charge in [-0.05, 0) is 99.7 Å². The summed E-state index contributed by atoms with van der Waals surface area (Å²) in [5, 5.41) is 22.8. The first-order valence-corrected chi connectivity index (χ1v) is 20.3. The molecule has 0 spiro atoms. The largest absolute Gasteiger partial charge is 0.506 e. The number of benzene rings is 2. The van der Waals surface area contributed by atoms with Crippen LogP contribution in [0.25, 0.3) is 0 Å². The number of phenols is 1. The van der Waals surface area contributed by atoms with E-state index < -0.39 is 0 Å². The Hall–Kier alpha value is -3.44. The molecular weight excluding hydrogens is 826 g/mol. The van der Waals surface area contributed by atoms with Crippen molar-refractivity contribution in [3.05, 3.63) is 56.5 Å². The third-order valence-corrected chi connectivity index (χ3v) is 12.1. The number of hydrogen-bond donors (Lipinski definition) is 3. The second-order valence-electron chi connectivity index (χ2n) is 14.5. The van der Waals surface area contributed by atoms with Crippen molar-refractivity contribution in [1.82, 2.24) is 29.6 Å². The molecular formula is C38H53Br2N7O7. The Morgan fingerprint density at radius 1 is 0.907 bits per heavy atom. The number of hydrogen-bond acceptors (Lipinski definition) is 9. The minimum Gasteiger partial charge on any atom is -0.506 e. The van der Waals surface area contributed by atoms with Gasteiger partial charge in [-0.2, -0.15) is 0 Å². The number of nitrogens with one attached hydrogen (secondary N) is 1. The molecule has 4 aliphatic heterocycles. The molecule has 2 aromatic carbocycles. The summed E-state index contributed by atoms with van der Waals surface area (Å²) in [7, 11) is 2.76. The predicted molar refractivity (Wildman–Crippen MR) is 211 cm³/mol. The van der Waals surface area contributed by atoms with Crippen LogP contribution in [0.15, 0.2) is 45.3 Å². The number of nitrogens with zero attached hydrogens (tertiary/aromatic N) is 6. The normalized spacial score (nSPS) is 19.5. The Labute approximate surface area is 334 Å². The van der Waals surface area contributed by atoms with E-state index in [1.165, 1.54) is 19.7 Å². The van der Waals surface area contributed by atoms with Crippen LogP contribution in [-0.2, 0) is 27.2 Å². The molecule has 0 bridgehead atoms. The van der Waals surface area contributed by atoms with Gasteiger partial charge in [-0.15, -0.1) is 0 Å². The number of ether oxygens (including phenoxy) is 1. The van der Waals surface area contributed by atoms with Crippen molar-refractivity contribution in [3.8, 4) is 5.75 Å². The van der Waals surface area contributed by atoms with E-state index in [-0.39, 0.29) is 48.2 Å². The SMILES string of the molecule is COC(=O)N1CCC(N2CCc3ccccc3NC2=O)CC1.C[C@H](Cc1cc(Br)c(O)c(Br)c1)C(=O)N1CCN(C2CCN(CC(=O)N(C)O)CC2)CC1. The number of likely N-dealkylation sites (tertiary alicyclic amines) is 2. The van der Waals surface area contributed by atoms with Crippen LogP contribution < -0.4 is 5.32 Å². The lowest BCUT2D eigenvalue weighted by Crippen LogP contribution is -2.55. The standard InChI is InChI=1S/C22H32Br2N4O4.C16H21N3O3/c1-15(11-16-12-18(23)21(30)19(24)13-16)22(31)28-9-7-27(8-10-28)17-3-5-26(6-4-17)14-20(29)25(2)32;1-22-16(21)18-9-7-13(8-10-18)19-11-6-12-4-2-3-5-14(12)17-15(19)20/h12-13,15,17,30,32H,3-11,14H2,1-2H3;2-5,13H,6-11H2,1H3,(H,17,20)/t15-;/m1./s1. The molecule has 3 N–H and O–H groups in total. The first-order valence-electron chi connectivity index (χ1n) is 18.7. The summed E-state index contributed by atoms with van der Waals surface area (Å²) in [5.74, 6) is -0.0690. The summed E-state index contributed by atoms with van der Waals surface area (Å²) >= 11 is 6.71. The number of hydroxylamine groups is 2. The molecule has 4 aliphatic rings. The number of methoxy groups -OCH3 is 1. The molecule has 0 radical (unpaired) electrons. The van der Waals surface area contributed by atoms with Crippen LogP contribution in [0.5, 0.6) is 5.75 Å². The number of phenolic OH excluding ortho intramolecular Hbond substituents is 1. The highest BCUT2D eigenvalue weighted by Gasteiger charge is 2.33. The van der Waals surface area contributed by atoms with E-state index in [0.29, 0.717) is 46.1 Å². The van der Waals surface area contributed by atoms with E-state index in [9.17, 15) is 29.5 Å². The maximum atomic E-state index is 13.0. The van der Waals surface area contributed by atoms with Crippen molar-refractivity contribution in [2.24, 2.45) is 5.92 Å². The van der Waals surface area contributed by atoms with Crippen molar-refractivity contribution >= 4 is 61.5 Å². The highest BCUT2D eigenvalue weighted by Crippen LogP contribution is 2.34. The average Bonchev–Trinajstić information content (AvgIpc) is 3.35. The van der Waals surface area contributed by atoms with Gasteiger partial charge in [0.15, 0.2) is 0 Å². The van der Waals surface area contributed by atoms with Crippen LogP contribution in [0.4, 0.5) is 15.3 Å². The number of piperazine rings is 1. The fourth-order valence-electron chi connectivity index (χ4n) is 7.76. The summed E-state index contributed by atoms with van der Waals surface area (Å²) in [6.07, 6.45) is 4.76. The lowest BCUT2D eigenvalue weighted by atomic mass is 9.98. The first-order chi connectivity index (χ1) is 25.8. The number of likely N-dealkylation sites (N-methyl/N-ethyl adjacent to an activating group) is 1. The van der Waals surface area contributed by atoms with Crippen LogP contribution in [0.2, 0.25) is 0 Å². The topological polar surface area (TPSA) is 149 Å². The van der Waals surface area contributed by atoms with Crippen molar-refractivity contribution in [1.29, 1.82) is 0 Å². The molecule has 0 aromatic heterocycles. The van der Waals surface area contributed by atoms with Gasteiger partial charge in [-0.1, -0.05) is 25.1 Å². The van der Waals surface area contributed by atoms with E-state index in [0.717, 1.165) is 82.6 Å². The molecule has 16 heteroatoms. The maximum absolute atomic E-state index is 13.0. The Bertz CT molecular complexity index is 1600. The molecule has 4 heterocycles. The molecule has 5 amide bonds. The number of carbonyl (C=O) groups is 4. The van der Waals surface area contributed by atoms with E-state index in [1.54, 1.807) is 4.90 Å². The van der Waals surface area contributed by atoms with Crippen LogP contribution in [0, 0.1) is 5.92 Å². The summed E-state index contributed by atoms with van der Waals surface area (Å²) in [6.45, 7) is 9.11. The minimum atomic E-state index is -0.286. The molecule has 0 saturated carbocycles. The molecule has 54 heavy (non-hydrogen) atoms. The lowest BCUT2D eigenvalue weighted by Gasteiger charge is -2.43. The third kappa shape index (κ3) is 10.9. The maximum Gasteiger partial charge on any atom is 0.409 e. The Morgan fingerprint density at radius 2 is 1.52 bits per heavy atom. The van der Waals surface area contributed by atoms with Gasteiger partial charge in [0.25, 0.3) is 5.91 Å². The van der Waals surface area contributed by atoms with Crippen LogP contribution in [-0.4, -0.2) is 156 Å². The molecule has 0 unspecified atom stereocenters. The molecule has 3 saturated heterocycles. The summed E-state index contributed by atoms with van der Waals surface area (Å²) in [5.41, 5.74) is 3.08. The number of rotatable bonds is 7. The highest BCUT2D eigenvalue weighted by atomic mass is 79.9. The number of piperidine rings is 2. The predicted octanol–water partition coefficient (Wildman–Crippen LogP) is 4.86. The molecule has 296 valence electrons. The summed E-state index contributed by atoms with van der Waals surface area (Å²) in [6, 6.07) is 12.3. The van der Waals surface area contributed by atoms with Crippen LogP contribution >= 0.6 is 31.9 Å². The van der Waals surface area contributed by atoms with Gasteiger partial charge in [0.05, 0.1) is 22.6 Å². The van der Waals surface area contributed by atoms with E-state index >= 15 is 0 Å². The van der Waals surface area contributed by atoms with E-state index in [1.807, 2.05) is 47.1 Å². The molecule has 1 atom stereocenters. The van der Waals surface area contributed by atoms with Crippen molar-refractivity contribution in [3.63, 3.8) is 0 Å². The monoisotopic (exact) mass is 877 g/mol. The zero-order valence-corrected chi connectivity index (χ0v) is 34.6. The number of amides is 5. The van der Waals surface area contributed by atoms with Crippen LogP contribution in [0.3, 0.4) is 0 Å². The van der Waals surface area contributed by atoms with E-state index in [4.69, 9.17) is 4.74 Å². The molecule has 3 fully saturated rings. The molecule has 0 aliphatic carbocycles. The quantitative estimate of drug-likeness (QED) is 0.262. The molecule has 6 rings (SSSR count). The van der Waals surface area contributed by atoms with Gasteiger partial charge in [0.1, 0.15) is 5.75 Å². The number of halogens is 2. The summed E-state index contributed by atoms with van der Waals surface area (Å²) < 4.78 is 5.99. The van der Waals surface area contributed by atoms with Crippen LogP contribution in [0.1, 0.15) is 43.7 Å². The zero-order valence-electron chi connectivity index (χ0n) is 31.4. The van der Waals surface area contributed by atoms with E-state index in [2.05, 4.69) is 53.0 Å². The Balaban J connectivity index is 0.000000222. The van der Waals surface area contributed by atoms with Crippen molar-refractivity contribution < 1.29 is 34.2 Å². The number of carbonyl (C=O) groups excluding carboxylic acids is 4. The fourth-order valence-corrected chi connectivity index (χ4v) is 9.04. The minimum absolute atomic E-state index is 0.0403. The lowest BCUT2D eigenvalue weighted by molar-refractivity contribution is -0.160. The van der Waals surface area contributed by atoms with Gasteiger partial charge in [-0.3, -0.25) is 24.6 Å². The van der Waals surface area contributed by atoms with Gasteiger partial charge < -0.3 is 29.9 Å². The van der Waals surface area contributed by atoms with Gasteiger partial charge in [-0.25, -0.2) is 14.7 Å². The average molecular weight is 880 g/mol. The Kier molecular flexibility index (Phi) is 15.0. The van der Waals surface area contributed by atoms with Gasteiger partial charge >= 0.3 is 12.1 Å². The fraction of sp³-hybridized carbons (Fsp3) is 0.579. The smallest absolute Gasteiger partial charge is 0.409 e. The number of anilines is 1. The van der Waals surface area contributed by atoms with Crippen molar-refractivity contribution in [2.75, 3.05) is 84.9 Å². The zero-order chi connectivity index (χ0) is 38.9. The number of urea groups is 1. The summed E-state index contributed by atoms with van der Waals surface area (Å²) in [4.78, 5) is 58.8. The first kappa shape index (κ1) is 41.7. The Morgan fingerprint density at radius 3 is 2.13 bits per heavy atom. The third-order valence-electron chi connectivity index (χ3n) is 10.9. The number of para-hydroxylation sites is 1. The highest BCUT2D eigenvalue weighted by molar-refractivity contribution is 9.11.